The molecule has 0 amide bonds. The Kier molecular flexibility index (Phi) is 5.55. The number of likely N-dealkylation sites (N-methyl/N-ethyl adjacent to an activating group) is 1. The van der Waals surface area contributed by atoms with Gasteiger partial charge in [0.05, 0.1) is 0 Å². The summed E-state index contributed by atoms with van der Waals surface area (Å²) < 4.78 is 0. The Morgan fingerprint density at radius 3 is 2.90 bits per heavy atom. The van der Waals surface area contributed by atoms with Crippen molar-refractivity contribution in [2.75, 3.05) is 33.2 Å². The number of aromatic nitrogens is 1. The standard InChI is InChI=1S/C17H29N3/c1-17(2,15-7-6-10-18-13-15)14-20(3)12-9-16-8-4-5-11-19-16/h4-5,8,11,15,18H,6-7,9-10,12-14H2,1-3H3. The minimum atomic E-state index is 0.381. The first kappa shape index (κ1) is 15.5. The number of pyridine rings is 1. The molecule has 0 bridgehead atoms. The third kappa shape index (κ3) is 4.57. The van der Waals surface area contributed by atoms with Crippen molar-refractivity contribution in [3.8, 4) is 0 Å². The van der Waals surface area contributed by atoms with Crippen molar-refractivity contribution in [3.63, 3.8) is 0 Å². The van der Waals surface area contributed by atoms with Crippen molar-refractivity contribution in [3.05, 3.63) is 30.1 Å². The van der Waals surface area contributed by atoms with Crippen LogP contribution in [0.25, 0.3) is 0 Å². The van der Waals surface area contributed by atoms with Crippen LogP contribution in [0.5, 0.6) is 0 Å². The van der Waals surface area contributed by atoms with E-state index in [4.69, 9.17) is 0 Å². The molecular formula is C17H29N3. The van der Waals surface area contributed by atoms with Gasteiger partial charge in [-0.25, -0.2) is 0 Å². The van der Waals surface area contributed by atoms with Gasteiger partial charge in [-0.2, -0.15) is 0 Å². The maximum Gasteiger partial charge on any atom is 0.0416 e. The van der Waals surface area contributed by atoms with Gasteiger partial charge in [0.25, 0.3) is 0 Å². The first-order valence-electron chi connectivity index (χ1n) is 7.87. The Bertz CT molecular complexity index is 382. The SMILES string of the molecule is CN(CCc1ccccn1)CC(C)(C)C1CCCNC1. The molecular weight excluding hydrogens is 246 g/mol. The quantitative estimate of drug-likeness (QED) is 0.865. The zero-order valence-electron chi connectivity index (χ0n) is 13.2. The van der Waals surface area contributed by atoms with Gasteiger partial charge in [0.1, 0.15) is 0 Å². The molecule has 2 heterocycles. The van der Waals surface area contributed by atoms with E-state index in [0.29, 0.717) is 5.41 Å². The van der Waals surface area contributed by atoms with Crippen LogP contribution in [-0.4, -0.2) is 43.1 Å². The Hall–Kier alpha value is -0.930. The van der Waals surface area contributed by atoms with E-state index < -0.39 is 0 Å². The summed E-state index contributed by atoms with van der Waals surface area (Å²) in [4.78, 5) is 6.86. The largest absolute Gasteiger partial charge is 0.316 e. The molecule has 1 aromatic heterocycles. The lowest BCUT2D eigenvalue weighted by Gasteiger charge is -2.40. The second kappa shape index (κ2) is 7.19. The minimum absolute atomic E-state index is 0.381. The van der Waals surface area contributed by atoms with E-state index >= 15 is 0 Å². The molecule has 0 radical (unpaired) electrons. The molecule has 2 rings (SSSR count). The van der Waals surface area contributed by atoms with Gasteiger partial charge >= 0.3 is 0 Å². The predicted octanol–water partition coefficient (Wildman–Crippen LogP) is 2.58. The summed E-state index contributed by atoms with van der Waals surface area (Å²) in [6.07, 6.45) is 5.61. The molecule has 3 heteroatoms. The molecule has 1 aliphatic heterocycles. The summed E-state index contributed by atoms with van der Waals surface area (Å²) in [5.41, 5.74) is 1.57. The molecule has 1 fully saturated rings. The Labute approximate surface area is 123 Å². The van der Waals surface area contributed by atoms with Gasteiger partial charge in [-0.3, -0.25) is 4.98 Å². The number of piperidine rings is 1. The molecule has 1 aliphatic rings. The van der Waals surface area contributed by atoms with Crippen molar-refractivity contribution in [1.82, 2.24) is 15.2 Å². The zero-order valence-corrected chi connectivity index (χ0v) is 13.2. The lowest BCUT2D eigenvalue weighted by atomic mass is 9.74. The highest BCUT2D eigenvalue weighted by Crippen LogP contribution is 2.32. The van der Waals surface area contributed by atoms with Crippen LogP contribution in [0.3, 0.4) is 0 Å². The van der Waals surface area contributed by atoms with Crippen LogP contribution in [0.4, 0.5) is 0 Å². The number of hydrogen-bond acceptors (Lipinski definition) is 3. The van der Waals surface area contributed by atoms with Crippen molar-refractivity contribution in [1.29, 1.82) is 0 Å². The van der Waals surface area contributed by atoms with Gasteiger partial charge in [-0.05, 0) is 56.4 Å². The average molecular weight is 275 g/mol. The van der Waals surface area contributed by atoms with E-state index in [1.54, 1.807) is 0 Å². The van der Waals surface area contributed by atoms with Crippen molar-refractivity contribution in [2.24, 2.45) is 11.3 Å². The second-order valence-electron chi connectivity index (χ2n) is 6.84. The van der Waals surface area contributed by atoms with E-state index in [1.165, 1.54) is 31.6 Å². The number of rotatable bonds is 6. The number of hydrogen-bond donors (Lipinski definition) is 1. The molecule has 0 aromatic carbocycles. The average Bonchev–Trinajstić information content (AvgIpc) is 2.47. The van der Waals surface area contributed by atoms with Crippen LogP contribution in [0.2, 0.25) is 0 Å². The summed E-state index contributed by atoms with van der Waals surface area (Å²) in [6, 6.07) is 6.16. The molecule has 1 N–H and O–H groups in total. The van der Waals surface area contributed by atoms with Crippen molar-refractivity contribution in [2.45, 2.75) is 33.1 Å². The fraction of sp³-hybridized carbons (Fsp3) is 0.706. The van der Waals surface area contributed by atoms with E-state index in [0.717, 1.165) is 25.4 Å². The summed E-state index contributed by atoms with van der Waals surface area (Å²) in [5, 5.41) is 3.54. The van der Waals surface area contributed by atoms with E-state index in [2.05, 4.69) is 48.2 Å². The molecule has 1 atom stereocenters. The lowest BCUT2D eigenvalue weighted by molar-refractivity contribution is 0.115. The van der Waals surface area contributed by atoms with Crippen LogP contribution in [0.1, 0.15) is 32.4 Å². The lowest BCUT2D eigenvalue weighted by Crippen LogP contribution is -2.44. The molecule has 3 nitrogen and oxygen atoms in total. The molecule has 1 saturated heterocycles. The minimum Gasteiger partial charge on any atom is -0.316 e. The smallest absolute Gasteiger partial charge is 0.0416 e. The Morgan fingerprint density at radius 2 is 2.25 bits per heavy atom. The molecule has 112 valence electrons. The van der Waals surface area contributed by atoms with Gasteiger partial charge in [0, 0.05) is 31.4 Å². The third-order valence-corrected chi connectivity index (χ3v) is 4.56. The first-order valence-corrected chi connectivity index (χ1v) is 7.87. The molecule has 1 aromatic rings. The summed E-state index contributed by atoms with van der Waals surface area (Å²) >= 11 is 0. The number of nitrogens with zero attached hydrogens (tertiary/aromatic N) is 2. The van der Waals surface area contributed by atoms with E-state index in [-0.39, 0.29) is 0 Å². The highest BCUT2D eigenvalue weighted by Gasteiger charge is 2.31. The fourth-order valence-corrected chi connectivity index (χ4v) is 3.27. The van der Waals surface area contributed by atoms with E-state index in [1.807, 2.05) is 12.3 Å². The maximum atomic E-state index is 4.40. The predicted molar refractivity (Wildman–Crippen MR) is 84.8 cm³/mol. The summed E-state index contributed by atoms with van der Waals surface area (Å²) in [5.74, 6) is 0.800. The second-order valence-corrected chi connectivity index (χ2v) is 6.84. The molecule has 1 unspecified atom stereocenters. The first-order chi connectivity index (χ1) is 9.58. The maximum absolute atomic E-state index is 4.40. The van der Waals surface area contributed by atoms with Gasteiger partial charge in [0.2, 0.25) is 0 Å². The molecule has 0 aliphatic carbocycles. The van der Waals surface area contributed by atoms with Gasteiger partial charge < -0.3 is 10.2 Å². The van der Waals surface area contributed by atoms with Crippen LogP contribution in [-0.2, 0) is 6.42 Å². The molecule has 0 saturated carbocycles. The number of nitrogens with one attached hydrogen (secondary N) is 1. The monoisotopic (exact) mass is 275 g/mol. The van der Waals surface area contributed by atoms with Gasteiger partial charge in [-0.15, -0.1) is 0 Å². The molecule has 20 heavy (non-hydrogen) atoms. The van der Waals surface area contributed by atoms with E-state index in [9.17, 15) is 0 Å². The topological polar surface area (TPSA) is 28.2 Å². The van der Waals surface area contributed by atoms with Crippen LogP contribution in [0.15, 0.2) is 24.4 Å². The normalized spacial score (nSPS) is 20.3. The van der Waals surface area contributed by atoms with Crippen LogP contribution >= 0.6 is 0 Å². The fourth-order valence-electron chi connectivity index (χ4n) is 3.27. The van der Waals surface area contributed by atoms with Crippen LogP contribution < -0.4 is 5.32 Å². The Balaban J connectivity index is 1.79. The van der Waals surface area contributed by atoms with Gasteiger partial charge in [-0.1, -0.05) is 19.9 Å². The summed E-state index contributed by atoms with van der Waals surface area (Å²) in [7, 11) is 2.24. The highest BCUT2D eigenvalue weighted by molar-refractivity contribution is 5.03. The third-order valence-electron chi connectivity index (χ3n) is 4.56. The zero-order chi connectivity index (χ0) is 14.4. The van der Waals surface area contributed by atoms with Crippen molar-refractivity contribution >= 4 is 0 Å². The molecule has 0 spiro atoms. The van der Waals surface area contributed by atoms with Crippen molar-refractivity contribution < 1.29 is 0 Å². The Morgan fingerprint density at radius 1 is 1.40 bits per heavy atom. The summed E-state index contributed by atoms with van der Waals surface area (Å²) in [6.45, 7) is 9.46. The van der Waals surface area contributed by atoms with Gasteiger partial charge in [0.15, 0.2) is 0 Å². The highest BCUT2D eigenvalue weighted by atomic mass is 15.1. The van der Waals surface area contributed by atoms with Crippen LogP contribution in [0, 0.1) is 11.3 Å².